The number of rotatable bonds is 3. The van der Waals surface area contributed by atoms with Gasteiger partial charge < -0.3 is 10.1 Å². The SMILES string of the molecule is N#Cc1ccnc(NC2CCCOC2)c1[N+](=O)[O-]. The number of nitriles is 1. The molecule has 0 radical (unpaired) electrons. The Bertz CT molecular complexity index is 492. The van der Waals surface area contributed by atoms with Crippen molar-refractivity contribution in [3.8, 4) is 6.07 Å². The van der Waals surface area contributed by atoms with Gasteiger partial charge in [-0.1, -0.05) is 0 Å². The topological polar surface area (TPSA) is 101 Å². The van der Waals surface area contributed by atoms with Gasteiger partial charge in [0.15, 0.2) is 0 Å². The van der Waals surface area contributed by atoms with Gasteiger partial charge >= 0.3 is 5.69 Å². The quantitative estimate of drug-likeness (QED) is 0.641. The van der Waals surface area contributed by atoms with Crippen molar-refractivity contribution in [3.05, 3.63) is 27.9 Å². The summed E-state index contributed by atoms with van der Waals surface area (Å²) in [5, 5.41) is 22.8. The number of ether oxygens (including phenoxy) is 1. The molecule has 1 fully saturated rings. The monoisotopic (exact) mass is 248 g/mol. The summed E-state index contributed by atoms with van der Waals surface area (Å²) in [6.07, 6.45) is 3.16. The third-order valence-electron chi connectivity index (χ3n) is 2.73. The normalized spacial score (nSPS) is 18.9. The number of anilines is 1. The minimum absolute atomic E-state index is 0.00103. The van der Waals surface area contributed by atoms with Gasteiger partial charge in [-0.25, -0.2) is 4.98 Å². The Kier molecular flexibility index (Phi) is 3.69. The van der Waals surface area contributed by atoms with E-state index >= 15 is 0 Å². The molecule has 94 valence electrons. The van der Waals surface area contributed by atoms with Gasteiger partial charge in [0.2, 0.25) is 5.82 Å². The molecule has 1 saturated heterocycles. The Morgan fingerprint density at radius 1 is 1.67 bits per heavy atom. The number of pyridine rings is 1. The first-order valence-corrected chi connectivity index (χ1v) is 5.60. The van der Waals surface area contributed by atoms with Gasteiger partial charge in [-0.2, -0.15) is 5.26 Å². The molecule has 0 spiro atoms. The maximum Gasteiger partial charge on any atom is 0.328 e. The van der Waals surface area contributed by atoms with Crippen LogP contribution in [0.4, 0.5) is 11.5 Å². The van der Waals surface area contributed by atoms with Crippen LogP contribution in [0.1, 0.15) is 18.4 Å². The molecule has 0 aromatic carbocycles. The number of aromatic nitrogens is 1. The first-order chi connectivity index (χ1) is 8.72. The second-order valence-electron chi connectivity index (χ2n) is 3.98. The Labute approximate surface area is 104 Å². The van der Waals surface area contributed by atoms with Crippen molar-refractivity contribution in [2.24, 2.45) is 0 Å². The number of nitrogens with zero attached hydrogens (tertiary/aromatic N) is 3. The number of nitro groups is 1. The van der Waals surface area contributed by atoms with Crippen LogP contribution < -0.4 is 5.32 Å². The number of nitrogens with one attached hydrogen (secondary N) is 1. The fourth-order valence-corrected chi connectivity index (χ4v) is 1.88. The minimum atomic E-state index is -0.586. The Morgan fingerprint density at radius 3 is 3.11 bits per heavy atom. The molecule has 1 atom stereocenters. The second-order valence-corrected chi connectivity index (χ2v) is 3.98. The highest BCUT2D eigenvalue weighted by Gasteiger charge is 2.24. The lowest BCUT2D eigenvalue weighted by Crippen LogP contribution is -2.30. The Morgan fingerprint density at radius 2 is 2.50 bits per heavy atom. The van der Waals surface area contributed by atoms with Crippen LogP contribution >= 0.6 is 0 Å². The molecule has 0 bridgehead atoms. The Balaban J connectivity index is 2.26. The van der Waals surface area contributed by atoms with E-state index in [0.717, 1.165) is 12.8 Å². The van der Waals surface area contributed by atoms with E-state index in [9.17, 15) is 10.1 Å². The van der Waals surface area contributed by atoms with Crippen molar-refractivity contribution in [3.63, 3.8) is 0 Å². The third-order valence-corrected chi connectivity index (χ3v) is 2.73. The summed E-state index contributed by atoms with van der Waals surface area (Å²) in [4.78, 5) is 14.3. The molecule has 7 nitrogen and oxygen atoms in total. The van der Waals surface area contributed by atoms with Crippen LogP contribution in [0.2, 0.25) is 0 Å². The van der Waals surface area contributed by atoms with Gasteiger partial charge in [-0.15, -0.1) is 0 Å². The van der Waals surface area contributed by atoms with Crippen LogP contribution in [-0.4, -0.2) is 29.2 Å². The predicted molar refractivity (Wildman–Crippen MR) is 63.1 cm³/mol. The highest BCUT2D eigenvalue weighted by atomic mass is 16.6. The van der Waals surface area contributed by atoms with Crippen molar-refractivity contribution in [1.29, 1.82) is 5.26 Å². The van der Waals surface area contributed by atoms with E-state index in [1.54, 1.807) is 6.07 Å². The van der Waals surface area contributed by atoms with Crippen LogP contribution in [0.15, 0.2) is 12.3 Å². The van der Waals surface area contributed by atoms with Crippen LogP contribution in [0.25, 0.3) is 0 Å². The van der Waals surface area contributed by atoms with Gasteiger partial charge in [0, 0.05) is 12.8 Å². The van der Waals surface area contributed by atoms with E-state index in [1.165, 1.54) is 12.3 Å². The molecule has 2 rings (SSSR count). The predicted octanol–water partition coefficient (Wildman–Crippen LogP) is 1.45. The zero-order valence-corrected chi connectivity index (χ0v) is 9.63. The zero-order valence-electron chi connectivity index (χ0n) is 9.63. The van der Waals surface area contributed by atoms with Gasteiger partial charge in [0.25, 0.3) is 0 Å². The average Bonchev–Trinajstić information content (AvgIpc) is 2.39. The van der Waals surface area contributed by atoms with Gasteiger partial charge in [-0.05, 0) is 18.9 Å². The minimum Gasteiger partial charge on any atom is -0.379 e. The van der Waals surface area contributed by atoms with Gasteiger partial charge in [0.1, 0.15) is 11.6 Å². The van der Waals surface area contributed by atoms with Gasteiger partial charge in [0.05, 0.1) is 17.6 Å². The van der Waals surface area contributed by atoms with Crippen LogP contribution in [-0.2, 0) is 4.74 Å². The summed E-state index contributed by atoms with van der Waals surface area (Å²) in [5.41, 5.74) is -0.264. The maximum atomic E-state index is 11.0. The summed E-state index contributed by atoms with van der Waals surface area (Å²) in [7, 11) is 0. The second kappa shape index (κ2) is 5.42. The highest BCUT2D eigenvalue weighted by Crippen LogP contribution is 2.27. The van der Waals surface area contributed by atoms with E-state index in [1.807, 2.05) is 0 Å². The molecule has 0 amide bonds. The van der Waals surface area contributed by atoms with E-state index in [2.05, 4.69) is 10.3 Å². The molecule has 1 aliphatic rings. The molecule has 1 aromatic heterocycles. The summed E-state index contributed by atoms with van der Waals surface area (Å²) in [5.74, 6) is 0.134. The molecule has 7 heteroatoms. The van der Waals surface area contributed by atoms with E-state index < -0.39 is 4.92 Å². The summed E-state index contributed by atoms with van der Waals surface area (Å²) in [6, 6.07) is 3.13. The molecule has 0 aliphatic carbocycles. The van der Waals surface area contributed by atoms with E-state index in [0.29, 0.717) is 13.2 Å². The first kappa shape index (κ1) is 12.3. The number of hydrogen-bond donors (Lipinski definition) is 1. The summed E-state index contributed by atoms with van der Waals surface area (Å²) < 4.78 is 5.29. The van der Waals surface area contributed by atoms with Crippen molar-refractivity contribution < 1.29 is 9.66 Å². The summed E-state index contributed by atoms with van der Waals surface area (Å²) >= 11 is 0. The molecule has 1 aliphatic heterocycles. The largest absolute Gasteiger partial charge is 0.379 e. The molecule has 18 heavy (non-hydrogen) atoms. The fourth-order valence-electron chi connectivity index (χ4n) is 1.88. The lowest BCUT2D eigenvalue weighted by atomic mass is 10.1. The first-order valence-electron chi connectivity index (χ1n) is 5.60. The van der Waals surface area contributed by atoms with Crippen molar-refractivity contribution in [2.45, 2.75) is 18.9 Å². The van der Waals surface area contributed by atoms with Gasteiger partial charge in [-0.3, -0.25) is 10.1 Å². The molecule has 2 heterocycles. The average molecular weight is 248 g/mol. The van der Waals surface area contributed by atoms with Crippen LogP contribution in [0.3, 0.4) is 0 Å². The van der Waals surface area contributed by atoms with Crippen molar-refractivity contribution >= 4 is 11.5 Å². The van der Waals surface area contributed by atoms with Crippen LogP contribution in [0, 0.1) is 21.4 Å². The smallest absolute Gasteiger partial charge is 0.328 e. The lowest BCUT2D eigenvalue weighted by Gasteiger charge is -2.23. The third kappa shape index (κ3) is 2.55. The molecule has 1 unspecified atom stereocenters. The van der Waals surface area contributed by atoms with Crippen LogP contribution in [0.5, 0.6) is 0 Å². The molecule has 0 saturated carbocycles. The van der Waals surface area contributed by atoms with Crippen molar-refractivity contribution in [2.75, 3.05) is 18.5 Å². The fraction of sp³-hybridized carbons (Fsp3) is 0.455. The highest BCUT2D eigenvalue weighted by molar-refractivity contribution is 5.64. The molecule has 1 N–H and O–H groups in total. The zero-order chi connectivity index (χ0) is 13.0. The molecular formula is C11H12N4O3. The lowest BCUT2D eigenvalue weighted by molar-refractivity contribution is -0.384. The standard InChI is InChI=1S/C11H12N4O3/c12-6-8-3-4-13-11(10(8)15(16)17)14-9-2-1-5-18-7-9/h3-4,9H,1-2,5,7H2,(H,13,14). The maximum absolute atomic E-state index is 11.0. The molecular weight excluding hydrogens is 236 g/mol. The van der Waals surface area contributed by atoms with E-state index in [-0.39, 0.29) is 23.1 Å². The van der Waals surface area contributed by atoms with Crippen molar-refractivity contribution in [1.82, 2.24) is 4.98 Å². The van der Waals surface area contributed by atoms with E-state index in [4.69, 9.17) is 10.00 Å². The number of hydrogen-bond acceptors (Lipinski definition) is 6. The Hall–Kier alpha value is -2.20. The molecule has 1 aromatic rings. The summed E-state index contributed by atoms with van der Waals surface area (Å²) in [6.45, 7) is 1.21.